The fourth-order valence-corrected chi connectivity index (χ4v) is 7.62. The molecule has 0 spiro atoms. The van der Waals surface area contributed by atoms with E-state index >= 15 is 0 Å². The summed E-state index contributed by atoms with van der Waals surface area (Å²) in [5.41, 5.74) is 3.97. The summed E-state index contributed by atoms with van der Waals surface area (Å²) in [6.07, 6.45) is 1.27. The summed E-state index contributed by atoms with van der Waals surface area (Å²) < 4.78 is 45.2. The average Bonchev–Trinajstić information content (AvgIpc) is 3.43. The van der Waals surface area contributed by atoms with Crippen molar-refractivity contribution < 1.29 is 23.0 Å². The number of benzene rings is 4. The zero-order valence-electron chi connectivity index (χ0n) is 25.4. The van der Waals surface area contributed by atoms with Crippen LogP contribution in [0.1, 0.15) is 40.6 Å². The minimum atomic E-state index is -4.00. The zero-order valence-corrected chi connectivity index (χ0v) is 27.7. The van der Waals surface area contributed by atoms with Crippen molar-refractivity contribution in [3.8, 4) is 0 Å². The Kier molecular flexibility index (Phi) is 9.19. The molecule has 12 heteroatoms. The van der Waals surface area contributed by atoms with E-state index in [-0.39, 0.29) is 22.6 Å². The van der Waals surface area contributed by atoms with Gasteiger partial charge in [0.2, 0.25) is 0 Å². The minimum Gasteiger partial charge on any atom is -0.392 e. The molecule has 0 saturated carbocycles. The highest BCUT2D eigenvalue weighted by Gasteiger charge is 2.42. The first-order valence-corrected chi connectivity index (χ1v) is 17.4. The molecule has 1 saturated heterocycles. The van der Waals surface area contributed by atoms with Crippen LogP contribution in [0.15, 0.2) is 127 Å². The Bertz CT molecular complexity index is 2160. The van der Waals surface area contributed by atoms with Crippen molar-refractivity contribution >= 4 is 49.8 Å². The number of nitrogens with zero attached hydrogens (tertiary/aromatic N) is 3. The maximum atomic E-state index is 13.6. The Morgan fingerprint density at radius 2 is 1.56 bits per heavy atom. The number of aliphatic hydroxyl groups is 1. The Balaban J connectivity index is 1.26. The smallest absolute Gasteiger partial charge is 0.264 e. The van der Waals surface area contributed by atoms with Gasteiger partial charge in [0, 0.05) is 28.8 Å². The van der Waals surface area contributed by atoms with Crippen LogP contribution in [0.25, 0.3) is 10.9 Å². The van der Waals surface area contributed by atoms with E-state index in [0.29, 0.717) is 28.5 Å². The van der Waals surface area contributed by atoms with Gasteiger partial charge in [-0.25, -0.2) is 13.4 Å². The first-order chi connectivity index (χ1) is 23.3. The maximum absolute atomic E-state index is 13.6. The fraction of sp³-hybridized carbons (Fsp3) is 0.167. The van der Waals surface area contributed by atoms with Gasteiger partial charge < -0.3 is 19.1 Å². The molecule has 0 amide bonds. The summed E-state index contributed by atoms with van der Waals surface area (Å²) in [7, 11) is -4.00. The fourth-order valence-electron chi connectivity index (χ4n) is 6.08. The number of halogens is 2. The number of sulfonamides is 1. The summed E-state index contributed by atoms with van der Waals surface area (Å²) in [4.78, 5) is 8.55. The highest BCUT2D eigenvalue weighted by atomic mass is 35.5. The number of hydrogen-bond donors (Lipinski definition) is 2. The lowest BCUT2D eigenvalue weighted by Crippen LogP contribution is -2.39. The van der Waals surface area contributed by atoms with Crippen molar-refractivity contribution in [1.82, 2.24) is 14.5 Å². The molecule has 7 rings (SSSR count). The standard InChI is InChI=1S/C36H30Cl2N4O5S/c37-34-35(38)42(22-40-34)20-29-31(24-7-2-1-3-8-24)33(26-16-14-23(21-43)15-17-26)47-36(46-29)27-10-4-12-28(19-27)41-48(44,45)30-13-5-9-25-11-6-18-39-32(25)30/h1-19,22,29,31,33,36,41,43H,20-21H2. The van der Waals surface area contributed by atoms with Gasteiger partial charge >= 0.3 is 0 Å². The number of nitrogens with one attached hydrogen (secondary N) is 1. The van der Waals surface area contributed by atoms with Crippen LogP contribution < -0.4 is 4.72 Å². The van der Waals surface area contributed by atoms with Crippen molar-refractivity contribution in [3.05, 3.63) is 154 Å². The van der Waals surface area contributed by atoms with Gasteiger partial charge in [-0.1, -0.05) is 108 Å². The molecule has 3 heterocycles. The Hall–Kier alpha value is -4.29. The second-order valence-corrected chi connectivity index (χ2v) is 13.8. The lowest BCUT2D eigenvalue weighted by atomic mass is 9.83. The molecule has 1 aliphatic heterocycles. The monoisotopic (exact) mass is 700 g/mol. The number of imidazole rings is 1. The average molecular weight is 702 g/mol. The number of fused-ring (bicyclic) bond motifs is 1. The number of pyridine rings is 1. The van der Waals surface area contributed by atoms with E-state index in [1.54, 1.807) is 47.4 Å². The summed E-state index contributed by atoms with van der Waals surface area (Å²) in [6, 6.07) is 33.1. The van der Waals surface area contributed by atoms with E-state index in [1.165, 1.54) is 6.07 Å². The van der Waals surface area contributed by atoms with Crippen molar-refractivity contribution in [2.45, 2.75) is 42.5 Å². The molecule has 0 bridgehead atoms. The van der Waals surface area contributed by atoms with Crippen LogP contribution in [0.2, 0.25) is 10.3 Å². The van der Waals surface area contributed by atoms with Crippen LogP contribution in [0.5, 0.6) is 0 Å². The van der Waals surface area contributed by atoms with Crippen molar-refractivity contribution in [1.29, 1.82) is 0 Å². The lowest BCUT2D eigenvalue weighted by Gasteiger charge is -2.43. The summed E-state index contributed by atoms with van der Waals surface area (Å²) in [6.45, 7) is 0.225. The summed E-state index contributed by atoms with van der Waals surface area (Å²) >= 11 is 12.7. The first-order valence-electron chi connectivity index (χ1n) is 15.2. The van der Waals surface area contributed by atoms with Crippen LogP contribution in [-0.2, 0) is 32.6 Å². The van der Waals surface area contributed by atoms with E-state index in [1.807, 2.05) is 72.8 Å². The number of aromatic nitrogens is 3. The summed E-state index contributed by atoms with van der Waals surface area (Å²) in [5, 5.41) is 10.9. The molecular formula is C36H30Cl2N4O5S. The Labute approximate surface area is 287 Å². The molecule has 48 heavy (non-hydrogen) atoms. The molecule has 4 aromatic carbocycles. The number of anilines is 1. The highest BCUT2D eigenvalue weighted by Crippen LogP contribution is 2.47. The topological polar surface area (TPSA) is 116 Å². The first kappa shape index (κ1) is 32.3. The van der Waals surface area contributed by atoms with E-state index in [0.717, 1.165) is 22.1 Å². The van der Waals surface area contributed by atoms with Gasteiger partial charge in [-0.05, 0) is 41.0 Å². The largest absolute Gasteiger partial charge is 0.392 e. The van der Waals surface area contributed by atoms with Gasteiger partial charge in [-0.2, -0.15) is 0 Å². The van der Waals surface area contributed by atoms with Crippen molar-refractivity contribution in [3.63, 3.8) is 0 Å². The van der Waals surface area contributed by atoms with E-state index in [4.69, 9.17) is 32.7 Å². The van der Waals surface area contributed by atoms with Gasteiger partial charge in [-0.3, -0.25) is 9.71 Å². The van der Waals surface area contributed by atoms with E-state index < -0.39 is 28.5 Å². The van der Waals surface area contributed by atoms with Gasteiger partial charge in [0.15, 0.2) is 11.4 Å². The van der Waals surface area contributed by atoms with Gasteiger partial charge in [0.05, 0.1) is 37.2 Å². The van der Waals surface area contributed by atoms with Crippen LogP contribution >= 0.6 is 23.2 Å². The molecule has 2 aromatic heterocycles. The molecule has 0 aliphatic carbocycles. The quantitative estimate of drug-likeness (QED) is 0.159. The second kappa shape index (κ2) is 13.7. The zero-order chi connectivity index (χ0) is 33.3. The number of ether oxygens (including phenoxy) is 2. The predicted octanol–water partition coefficient (Wildman–Crippen LogP) is 7.67. The maximum Gasteiger partial charge on any atom is 0.264 e. The molecule has 4 unspecified atom stereocenters. The number of para-hydroxylation sites is 1. The van der Waals surface area contributed by atoms with Crippen molar-refractivity contribution in [2.24, 2.45) is 0 Å². The van der Waals surface area contributed by atoms with Crippen LogP contribution in [0.4, 0.5) is 5.69 Å². The highest BCUT2D eigenvalue weighted by molar-refractivity contribution is 7.93. The molecule has 1 aliphatic rings. The number of rotatable bonds is 9. The van der Waals surface area contributed by atoms with Gasteiger partial charge in [-0.15, -0.1) is 0 Å². The Morgan fingerprint density at radius 1 is 0.812 bits per heavy atom. The molecule has 244 valence electrons. The second-order valence-electron chi connectivity index (χ2n) is 11.4. The van der Waals surface area contributed by atoms with Gasteiger partial charge in [0.1, 0.15) is 10.0 Å². The molecule has 0 radical (unpaired) electrons. The molecular weight excluding hydrogens is 671 g/mol. The third-order valence-corrected chi connectivity index (χ3v) is 10.6. The Morgan fingerprint density at radius 3 is 2.31 bits per heavy atom. The molecule has 4 atom stereocenters. The lowest BCUT2D eigenvalue weighted by molar-refractivity contribution is -0.263. The third kappa shape index (κ3) is 6.55. The van der Waals surface area contributed by atoms with Gasteiger partial charge in [0.25, 0.3) is 10.0 Å². The predicted molar refractivity (Wildman–Crippen MR) is 184 cm³/mol. The van der Waals surface area contributed by atoms with Crippen LogP contribution in [0, 0.1) is 0 Å². The molecule has 1 fully saturated rings. The molecule has 9 nitrogen and oxygen atoms in total. The summed E-state index contributed by atoms with van der Waals surface area (Å²) in [5.74, 6) is -0.291. The number of hydrogen-bond acceptors (Lipinski definition) is 7. The molecule has 2 N–H and O–H groups in total. The third-order valence-electron chi connectivity index (χ3n) is 8.38. The van der Waals surface area contributed by atoms with Crippen LogP contribution in [0.3, 0.4) is 0 Å². The van der Waals surface area contributed by atoms with E-state index in [2.05, 4.69) is 14.7 Å². The number of aliphatic hydroxyl groups excluding tert-OH is 1. The minimum absolute atomic E-state index is 0.0733. The SMILES string of the molecule is O=S(=O)(Nc1cccc(C2OC(Cn3cnc(Cl)c3Cl)C(c3ccccc3)C(c3ccc(CO)cc3)O2)c1)c1cccc2cccnc12. The van der Waals surface area contributed by atoms with Crippen LogP contribution in [-0.4, -0.2) is 34.2 Å². The van der Waals surface area contributed by atoms with Crippen molar-refractivity contribution in [2.75, 3.05) is 4.72 Å². The molecule has 6 aromatic rings. The normalized spacial score (nSPS) is 19.7. The van der Waals surface area contributed by atoms with E-state index in [9.17, 15) is 13.5 Å².